The average molecular weight is 746 g/mol. The van der Waals surface area contributed by atoms with Crippen LogP contribution in [0, 0.1) is 5.41 Å². The normalized spacial score (nSPS) is 12.2. The van der Waals surface area contributed by atoms with E-state index in [-0.39, 0.29) is 12.3 Å². The predicted octanol–water partition coefficient (Wildman–Crippen LogP) is 8.01. The van der Waals surface area contributed by atoms with Gasteiger partial charge in [-0.15, -0.1) is 0 Å². The van der Waals surface area contributed by atoms with E-state index in [1.165, 1.54) is 19.4 Å². The van der Waals surface area contributed by atoms with Crippen LogP contribution in [-0.2, 0) is 19.1 Å². The maximum absolute atomic E-state index is 12.9. The number of carbonyl (C=O) groups is 2. The van der Waals surface area contributed by atoms with Crippen molar-refractivity contribution in [3.63, 3.8) is 0 Å². The maximum Gasteiger partial charge on any atom is 0.322 e. The zero-order valence-electron chi connectivity index (χ0n) is 24.0. The van der Waals surface area contributed by atoms with Gasteiger partial charge in [0.15, 0.2) is 13.2 Å². The number of aliphatic hydroxyl groups excluding tert-OH is 2. The van der Waals surface area contributed by atoms with Gasteiger partial charge in [0.05, 0.1) is 5.41 Å². The zero-order valence-corrected chi connectivity index (χ0v) is 27.1. The molecular formula is C31H42Br2F4O6. The lowest BCUT2D eigenvalue weighted by molar-refractivity contribution is -0.169. The molecule has 0 radical (unpaired) electrons. The molecule has 0 fully saturated rings. The number of benzene rings is 2. The number of alkyl halides is 6. The van der Waals surface area contributed by atoms with Gasteiger partial charge in [0, 0.05) is 4.83 Å². The van der Waals surface area contributed by atoms with Crippen LogP contribution in [0.3, 0.4) is 0 Å². The molecule has 0 aliphatic rings. The summed E-state index contributed by atoms with van der Waals surface area (Å²) in [5.41, 5.74) is 1.25. The summed E-state index contributed by atoms with van der Waals surface area (Å²) in [5.74, 6) is -8.27. The van der Waals surface area contributed by atoms with Gasteiger partial charge in [-0.3, -0.25) is 9.59 Å². The lowest BCUT2D eigenvalue weighted by atomic mass is 9.86. The molecule has 2 N–H and O–H groups in total. The van der Waals surface area contributed by atoms with Crippen LogP contribution in [-0.4, -0.2) is 64.7 Å². The Kier molecular flexibility index (Phi) is 19.8. The molecule has 6 nitrogen and oxygen atoms in total. The van der Waals surface area contributed by atoms with Crippen LogP contribution in [0.2, 0.25) is 0 Å². The minimum absolute atomic E-state index is 0. The lowest BCUT2D eigenvalue weighted by Crippen LogP contribution is -2.34. The van der Waals surface area contributed by atoms with Gasteiger partial charge in [0.1, 0.15) is 17.5 Å². The van der Waals surface area contributed by atoms with E-state index >= 15 is 0 Å². The molecule has 0 saturated heterocycles. The van der Waals surface area contributed by atoms with E-state index in [9.17, 15) is 27.2 Å². The van der Waals surface area contributed by atoms with Gasteiger partial charge >= 0.3 is 23.8 Å². The number of esters is 2. The van der Waals surface area contributed by atoms with Crippen molar-refractivity contribution in [3.8, 4) is 0 Å². The van der Waals surface area contributed by atoms with Gasteiger partial charge in [-0.2, -0.15) is 0 Å². The molecule has 0 spiro atoms. The topological polar surface area (TPSA) is 93.1 Å². The fourth-order valence-corrected chi connectivity index (χ4v) is 3.93. The summed E-state index contributed by atoms with van der Waals surface area (Å²) in [6.45, 7) is 4.99. The van der Waals surface area contributed by atoms with Crippen molar-refractivity contribution in [2.24, 2.45) is 5.41 Å². The molecular weight excluding hydrogens is 704 g/mol. The van der Waals surface area contributed by atoms with Crippen LogP contribution in [0.4, 0.5) is 17.6 Å². The largest absolute Gasteiger partial charge is 0.459 e. The van der Waals surface area contributed by atoms with Gasteiger partial charge in [0.25, 0.3) is 0 Å². The summed E-state index contributed by atoms with van der Waals surface area (Å²) >= 11 is 6.45. The predicted molar refractivity (Wildman–Crippen MR) is 169 cm³/mol. The highest BCUT2D eigenvalue weighted by atomic mass is 79.9. The third-order valence-corrected chi connectivity index (χ3v) is 6.39. The molecule has 12 heteroatoms. The molecule has 0 aliphatic heterocycles. The highest BCUT2D eigenvalue weighted by Crippen LogP contribution is 2.37. The second-order valence-corrected chi connectivity index (χ2v) is 13.3. The Morgan fingerprint density at radius 2 is 1.23 bits per heavy atom. The van der Waals surface area contributed by atoms with Crippen LogP contribution >= 0.6 is 31.9 Å². The molecule has 0 heterocycles. The molecule has 1 atom stereocenters. The number of hydrogen-bond acceptors (Lipinski definition) is 6. The molecule has 244 valence electrons. The first-order chi connectivity index (χ1) is 19.3. The second-order valence-electron chi connectivity index (χ2n) is 10.2. The Morgan fingerprint density at radius 1 is 0.837 bits per heavy atom. The standard InChI is InChI=1S/C15H19BrF2O3.C8H8.C7H11BrF2O3.CH4/c1-14(2,13(20)21-10-15(17,18)9-19)8-12(16)11-6-4-3-5-7-11;1-2-8-6-4-3-5-7-8;1-6(2,8)5(12)13-4-7(9,10)3-11;/h3-7,12,19H,8-10H2,1-2H3;2-7H,1H2;11H,3-4H2,1-2H3;1H4. The quantitative estimate of drug-likeness (QED) is 0.130. The van der Waals surface area contributed by atoms with Crippen molar-refractivity contribution in [1.29, 1.82) is 0 Å². The van der Waals surface area contributed by atoms with Gasteiger partial charge in [-0.05, 0) is 45.2 Å². The third-order valence-electron chi connectivity index (χ3n) is 5.22. The molecule has 2 aromatic carbocycles. The maximum atomic E-state index is 12.9. The fraction of sp³-hybridized carbons (Fsp3) is 0.484. The molecule has 0 amide bonds. The molecule has 0 saturated carbocycles. The summed E-state index contributed by atoms with van der Waals surface area (Å²) in [6.07, 6.45) is 2.24. The molecule has 43 heavy (non-hydrogen) atoms. The Bertz CT molecular complexity index is 1080. The third kappa shape index (κ3) is 18.9. The first kappa shape index (κ1) is 42.9. The van der Waals surface area contributed by atoms with Crippen LogP contribution in [0.1, 0.15) is 57.5 Å². The first-order valence-electron chi connectivity index (χ1n) is 12.7. The first-order valence-corrected chi connectivity index (χ1v) is 14.4. The van der Waals surface area contributed by atoms with E-state index < -0.39 is 60.0 Å². The van der Waals surface area contributed by atoms with E-state index in [1.54, 1.807) is 13.8 Å². The van der Waals surface area contributed by atoms with E-state index in [0.29, 0.717) is 6.42 Å². The van der Waals surface area contributed by atoms with Crippen LogP contribution < -0.4 is 0 Å². The van der Waals surface area contributed by atoms with Gasteiger partial charge < -0.3 is 19.7 Å². The van der Waals surface area contributed by atoms with Crippen LogP contribution in [0.5, 0.6) is 0 Å². The molecule has 2 aromatic rings. The number of hydrogen-bond donors (Lipinski definition) is 2. The lowest BCUT2D eigenvalue weighted by Gasteiger charge is -2.26. The fourth-order valence-electron chi connectivity index (χ4n) is 2.70. The summed E-state index contributed by atoms with van der Waals surface area (Å²) in [6, 6.07) is 19.5. The molecule has 0 aromatic heterocycles. The van der Waals surface area contributed by atoms with Crippen molar-refractivity contribution < 1.29 is 46.8 Å². The highest BCUT2D eigenvalue weighted by molar-refractivity contribution is 9.10. The van der Waals surface area contributed by atoms with Crippen molar-refractivity contribution >= 4 is 49.9 Å². The number of carbonyl (C=O) groups excluding carboxylic acids is 2. The Balaban J connectivity index is 0. The second kappa shape index (κ2) is 19.9. The summed E-state index contributed by atoms with van der Waals surface area (Å²) < 4.78 is 58.4. The Morgan fingerprint density at radius 3 is 1.58 bits per heavy atom. The molecule has 1 unspecified atom stereocenters. The SMILES string of the molecule is C.C=Cc1ccccc1.CC(C)(Br)C(=O)OCC(F)(F)CO.CC(C)(CC(Br)c1ccccc1)C(=O)OCC(F)(F)CO. The summed E-state index contributed by atoms with van der Waals surface area (Å²) in [7, 11) is 0. The van der Waals surface area contributed by atoms with Crippen molar-refractivity contribution in [2.75, 3.05) is 26.4 Å². The van der Waals surface area contributed by atoms with Gasteiger partial charge in [-0.25, -0.2) is 17.6 Å². The molecule has 0 bridgehead atoms. The number of ether oxygens (including phenoxy) is 2. The highest BCUT2D eigenvalue weighted by Gasteiger charge is 2.36. The average Bonchev–Trinajstić information content (AvgIpc) is 2.95. The van der Waals surface area contributed by atoms with E-state index in [1.807, 2.05) is 66.7 Å². The smallest absolute Gasteiger partial charge is 0.322 e. The van der Waals surface area contributed by atoms with Crippen molar-refractivity contribution in [3.05, 3.63) is 78.4 Å². The zero-order chi connectivity index (χ0) is 32.6. The van der Waals surface area contributed by atoms with Crippen LogP contribution in [0.15, 0.2) is 67.2 Å². The number of aliphatic hydroxyl groups is 2. The van der Waals surface area contributed by atoms with E-state index in [2.05, 4.69) is 47.9 Å². The Labute approximate surface area is 268 Å². The summed E-state index contributed by atoms with van der Waals surface area (Å²) in [4.78, 5) is 22.8. The van der Waals surface area contributed by atoms with Gasteiger partial charge in [-0.1, -0.05) is 113 Å². The number of rotatable bonds is 12. The summed E-state index contributed by atoms with van der Waals surface area (Å²) in [5, 5.41) is 16.6. The van der Waals surface area contributed by atoms with E-state index in [0.717, 1.165) is 5.56 Å². The Hall–Kier alpha value is -2.28. The van der Waals surface area contributed by atoms with Gasteiger partial charge in [0.2, 0.25) is 0 Å². The van der Waals surface area contributed by atoms with Crippen molar-refractivity contribution in [2.45, 2.75) is 62.5 Å². The minimum atomic E-state index is -3.40. The molecule has 0 aliphatic carbocycles. The number of halogens is 6. The van der Waals surface area contributed by atoms with E-state index in [4.69, 9.17) is 10.2 Å². The van der Waals surface area contributed by atoms with Crippen molar-refractivity contribution in [1.82, 2.24) is 0 Å². The van der Waals surface area contributed by atoms with Crippen LogP contribution in [0.25, 0.3) is 6.08 Å². The molecule has 2 rings (SSSR count). The minimum Gasteiger partial charge on any atom is -0.459 e. The monoisotopic (exact) mass is 744 g/mol.